The minimum Gasteiger partial charge on any atom is -0.495 e. The van der Waals surface area contributed by atoms with E-state index in [4.69, 9.17) is 14.2 Å². The van der Waals surface area contributed by atoms with Crippen LogP contribution in [0.2, 0.25) is 0 Å². The zero-order chi connectivity index (χ0) is 27.2. The lowest BCUT2D eigenvalue weighted by atomic mass is 10.0. The number of amides is 2. The molecule has 0 fully saturated rings. The van der Waals surface area contributed by atoms with Crippen LogP contribution in [0.25, 0.3) is 10.9 Å². The Hall–Kier alpha value is -4.46. The zero-order valence-corrected chi connectivity index (χ0v) is 22.4. The predicted molar refractivity (Wildman–Crippen MR) is 150 cm³/mol. The van der Waals surface area contributed by atoms with E-state index in [1.807, 2.05) is 62.4 Å². The highest BCUT2D eigenvalue weighted by Crippen LogP contribution is 2.28. The molecule has 4 rings (SSSR count). The number of nitrogens with one attached hydrogen (secondary N) is 2. The molecule has 0 saturated carbocycles. The molecule has 0 atom stereocenters. The second-order valence-corrected chi connectivity index (χ2v) is 9.16. The number of pyridine rings is 1. The number of nitrogens with zero attached hydrogens (tertiary/aromatic N) is 1. The number of fused-ring (bicyclic) bond motifs is 1. The Balaban J connectivity index is 1.65. The molecular formula is C30H33N3O5. The quantitative estimate of drug-likeness (QED) is 0.309. The van der Waals surface area contributed by atoms with Gasteiger partial charge in [0.15, 0.2) is 11.5 Å². The average Bonchev–Trinajstić information content (AvgIpc) is 2.91. The third-order valence-electron chi connectivity index (χ3n) is 6.49. The van der Waals surface area contributed by atoms with Crippen LogP contribution in [-0.4, -0.2) is 43.8 Å². The highest BCUT2D eigenvalue weighted by Gasteiger charge is 2.19. The van der Waals surface area contributed by atoms with E-state index in [0.717, 1.165) is 27.6 Å². The molecule has 0 aliphatic carbocycles. The number of carbonyl (C=O) groups excluding carboxylic acids is 1. The highest BCUT2D eigenvalue weighted by molar-refractivity contribution is 5.91. The molecule has 0 aliphatic heterocycles. The number of hydrogen-bond donors (Lipinski definition) is 2. The maximum Gasteiger partial charge on any atom is 0.322 e. The zero-order valence-electron chi connectivity index (χ0n) is 22.4. The lowest BCUT2D eigenvalue weighted by Crippen LogP contribution is -2.37. The van der Waals surface area contributed by atoms with Crippen LogP contribution in [-0.2, 0) is 13.0 Å². The number of para-hydroxylation sites is 2. The standard InChI is InChI=1S/C30H33N3O5/c1-19-14-20(2)28-22(15-19)17-23(29(34)32-28)18-33(30(35)31-24-8-6-7-9-25(24)36-3)13-12-21-10-11-26(37-4)27(16-21)38-5/h6-11,14-17H,12-13,18H2,1-5H3,(H,31,35)(H,32,34). The number of anilines is 1. The molecule has 0 bridgehead atoms. The molecule has 8 heteroatoms. The molecule has 0 aliphatic rings. The van der Waals surface area contributed by atoms with Crippen molar-refractivity contribution in [1.82, 2.24) is 9.88 Å². The lowest BCUT2D eigenvalue weighted by molar-refractivity contribution is 0.209. The maximum atomic E-state index is 13.5. The Morgan fingerprint density at radius 2 is 1.63 bits per heavy atom. The Kier molecular flexibility index (Phi) is 8.21. The van der Waals surface area contributed by atoms with Crippen molar-refractivity contribution in [2.45, 2.75) is 26.8 Å². The van der Waals surface area contributed by atoms with Gasteiger partial charge in [0.1, 0.15) is 5.75 Å². The van der Waals surface area contributed by atoms with E-state index in [1.165, 1.54) is 0 Å². The third kappa shape index (κ3) is 5.91. The summed E-state index contributed by atoms with van der Waals surface area (Å²) in [5, 5.41) is 3.87. The van der Waals surface area contributed by atoms with E-state index in [-0.39, 0.29) is 18.1 Å². The van der Waals surface area contributed by atoms with Gasteiger partial charge >= 0.3 is 6.03 Å². The number of rotatable bonds is 9. The number of H-pyrrole nitrogens is 1. The summed E-state index contributed by atoms with van der Waals surface area (Å²) in [6, 6.07) is 18.5. The average molecular weight is 516 g/mol. The topological polar surface area (TPSA) is 92.9 Å². The monoisotopic (exact) mass is 515 g/mol. The van der Waals surface area contributed by atoms with Gasteiger partial charge in [-0.3, -0.25) is 4.79 Å². The van der Waals surface area contributed by atoms with Crippen molar-refractivity contribution >= 4 is 22.6 Å². The summed E-state index contributed by atoms with van der Waals surface area (Å²) >= 11 is 0. The van der Waals surface area contributed by atoms with Gasteiger partial charge in [-0.25, -0.2) is 4.79 Å². The van der Waals surface area contributed by atoms with Crippen LogP contribution in [0.3, 0.4) is 0 Å². The number of benzene rings is 3. The first-order valence-electron chi connectivity index (χ1n) is 12.4. The molecule has 38 heavy (non-hydrogen) atoms. The van der Waals surface area contributed by atoms with E-state index >= 15 is 0 Å². The molecule has 0 unspecified atom stereocenters. The molecule has 0 saturated heterocycles. The first-order valence-corrected chi connectivity index (χ1v) is 12.4. The van der Waals surface area contributed by atoms with Crippen molar-refractivity contribution in [3.63, 3.8) is 0 Å². The number of methoxy groups -OCH3 is 3. The Bertz CT molecular complexity index is 1510. The number of aromatic amines is 1. The summed E-state index contributed by atoms with van der Waals surface area (Å²) in [7, 11) is 4.73. The number of carbonyl (C=O) groups is 1. The van der Waals surface area contributed by atoms with Gasteiger partial charge in [0.25, 0.3) is 5.56 Å². The fraction of sp³-hybridized carbons (Fsp3) is 0.267. The minimum atomic E-state index is -0.338. The number of hydrogen-bond acceptors (Lipinski definition) is 5. The van der Waals surface area contributed by atoms with Crippen molar-refractivity contribution in [1.29, 1.82) is 0 Å². The van der Waals surface area contributed by atoms with Crippen LogP contribution in [0.5, 0.6) is 17.2 Å². The van der Waals surface area contributed by atoms with Crippen LogP contribution < -0.4 is 25.1 Å². The highest BCUT2D eigenvalue weighted by atomic mass is 16.5. The third-order valence-corrected chi connectivity index (χ3v) is 6.49. The fourth-order valence-corrected chi connectivity index (χ4v) is 4.55. The minimum absolute atomic E-state index is 0.131. The van der Waals surface area contributed by atoms with Crippen molar-refractivity contribution in [2.75, 3.05) is 33.2 Å². The molecule has 4 aromatic rings. The number of aryl methyl sites for hydroxylation is 2. The molecule has 198 valence electrons. The fourth-order valence-electron chi connectivity index (χ4n) is 4.55. The second kappa shape index (κ2) is 11.7. The van der Waals surface area contributed by atoms with Crippen LogP contribution in [0, 0.1) is 13.8 Å². The van der Waals surface area contributed by atoms with Gasteiger partial charge in [-0.05, 0) is 73.2 Å². The summed E-state index contributed by atoms with van der Waals surface area (Å²) in [5.74, 6) is 1.80. The van der Waals surface area contributed by atoms with Crippen molar-refractivity contribution in [3.05, 3.63) is 93.3 Å². The van der Waals surface area contributed by atoms with E-state index in [0.29, 0.717) is 41.5 Å². The van der Waals surface area contributed by atoms with Crippen molar-refractivity contribution in [2.24, 2.45) is 0 Å². The molecule has 1 heterocycles. The summed E-state index contributed by atoms with van der Waals surface area (Å²) in [6.45, 7) is 4.49. The smallest absolute Gasteiger partial charge is 0.322 e. The molecule has 0 spiro atoms. The van der Waals surface area contributed by atoms with Gasteiger partial charge in [0.05, 0.1) is 39.1 Å². The molecule has 0 radical (unpaired) electrons. The molecular weight excluding hydrogens is 482 g/mol. The Morgan fingerprint density at radius 1 is 0.895 bits per heavy atom. The normalized spacial score (nSPS) is 10.8. The first kappa shape index (κ1) is 26.6. The van der Waals surface area contributed by atoms with Crippen LogP contribution >= 0.6 is 0 Å². The van der Waals surface area contributed by atoms with Crippen LogP contribution in [0.4, 0.5) is 10.5 Å². The number of aromatic nitrogens is 1. The van der Waals surface area contributed by atoms with E-state index < -0.39 is 0 Å². The lowest BCUT2D eigenvalue weighted by Gasteiger charge is -2.24. The first-order chi connectivity index (χ1) is 18.3. The molecule has 2 amide bonds. The maximum absolute atomic E-state index is 13.5. The Morgan fingerprint density at radius 3 is 2.37 bits per heavy atom. The van der Waals surface area contributed by atoms with E-state index in [9.17, 15) is 9.59 Å². The summed E-state index contributed by atoms with van der Waals surface area (Å²) in [4.78, 5) is 31.2. The van der Waals surface area contributed by atoms with Gasteiger partial charge in [0, 0.05) is 12.1 Å². The molecule has 1 aromatic heterocycles. The second-order valence-electron chi connectivity index (χ2n) is 9.16. The summed E-state index contributed by atoms with van der Waals surface area (Å²) in [5.41, 5.74) is 4.72. The van der Waals surface area contributed by atoms with Crippen molar-refractivity contribution < 1.29 is 19.0 Å². The Labute approximate surface area is 222 Å². The van der Waals surface area contributed by atoms with Gasteiger partial charge < -0.3 is 29.4 Å². The molecule has 2 N–H and O–H groups in total. The number of urea groups is 1. The van der Waals surface area contributed by atoms with E-state index in [1.54, 1.807) is 38.4 Å². The molecule has 3 aromatic carbocycles. The van der Waals surface area contributed by atoms with E-state index in [2.05, 4.69) is 10.3 Å². The van der Waals surface area contributed by atoms with Gasteiger partial charge in [-0.1, -0.05) is 29.8 Å². The van der Waals surface area contributed by atoms with Crippen LogP contribution in [0.15, 0.2) is 65.5 Å². The van der Waals surface area contributed by atoms with Gasteiger partial charge in [0.2, 0.25) is 0 Å². The van der Waals surface area contributed by atoms with Gasteiger partial charge in [-0.2, -0.15) is 0 Å². The predicted octanol–water partition coefficient (Wildman–Crippen LogP) is 5.45. The summed E-state index contributed by atoms with van der Waals surface area (Å²) < 4.78 is 16.2. The largest absolute Gasteiger partial charge is 0.495 e. The van der Waals surface area contributed by atoms with Crippen LogP contribution in [0.1, 0.15) is 22.3 Å². The SMILES string of the molecule is COc1ccccc1NC(=O)N(CCc1ccc(OC)c(OC)c1)Cc1cc2cc(C)cc(C)c2[nH]c1=O. The molecule has 8 nitrogen and oxygen atoms in total. The van der Waals surface area contributed by atoms with Crippen molar-refractivity contribution in [3.8, 4) is 17.2 Å². The summed E-state index contributed by atoms with van der Waals surface area (Å²) in [6.07, 6.45) is 0.545. The number of ether oxygens (including phenoxy) is 3. The van der Waals surface area contributed by atoms with Gasteiger partial charge in [-0.15, -0.1) is 0 Å².